The van der Waals surface area contributed by atoms with Crippen LogP contribution in [0.5, 0.6) is 5.75 Å². The quantitative estimate of drug-likeness (QED) is 0.514. The van der Waals surface area contributed by atoms with E-state index in [0.717, 1.165) is 11.1 Å². The monoisotopic (exact) mass is 268 g/mol. The minimum absolute atomic E-state index is 0.148. The van der Waals surface area contributed by atoms with Crippen molar-refractivity contribution in [2.45, 2.75) is 6.61 Å². The van der Waals surface area contributed by atoms with Gasteiger partial charge in [0.25, 0.3) is 0 Å². The first-order chi connectivity index (χ1) is 9.88. The molecule has 0 spiro atoms. The van der Waals surface area contributed by atoms with E-state index < -0.39 is 0 Å². The Balaban J connectivity index is 1.79. The third kappa shape index (κ3) is 4.77. The fourth-order valence-electron chi connectivity index (χ4n) is 1.65. The Morgan fingerprint density at radius 2 is 1.85 bits per heavy atom. The molecule has 0 unspecified atom stereocenters. The second kappa shape index (κ2) is 8.00. The van der Waals surface area contributed by atoms with Crippen molar-refractivity contribution in [3.8, 4) is 17.6 Å². The summed E-state index contributed by atoms with van der Waals surface area (Å²) in [6, 6.07) is 17.3. The van der Waals surface area contributed by atoms with Crippen molar-refractivity contribution < 1.29 is 14.6 Å². The van der Waals surface area contributed by atoms with Crippen LogP contribution >= 0.6 is 0 Å². The molecule has 0 saturated carbocycles. The molecule has 0 aliphatic rings. The molecule has 102 valence electrons. The van der Waals surface area contributed by atoms with Gasteiger partial charge in [-0.15, -0.1) is 0 Å². The molecule has 0 atom stereocenters. The smallest absolute Gasteiger partial charge is 0.189 e. The third-order valence-corrected chi connectivity index (χ3v) is 2.57. The maximum Gasteiger partial charge on any atom is 0.189 e. The summed E-state index contributed by atoms with van der Waals surface area (Å²) in [5.41, 5.74) is 1.92. The SMILES string of the molecule is OCC#Cc1cccc(OCOCc2ccccc2)c1. The molecular formula is C17H16O3. The highest BCUT2D eigenvalue weighted by Crippen LogP contribution is 2.12. The summed E-state index contributed by atoms with van der Waals surface area (Å²) >= 11 is 0. The van der Waals surface area contributed by atoms with E-state index in [1.54, 1.807) is 0 Å². The van der Waals surface area contributed by atoms with E-state index >= 15 is 0 Å². The number of hydrogen-bond donors (Lipinski definition) is 1. The first kappa shape index (κ1) is 14.1. The molecule has 3 heteroatoms. The number of benzene rings is 2. The van der Waals surface area contributed by atoms with E-state index in [2.05, 4.69) is 11.8 Å². The fourth-order valence-corrected chi connectivity index (χ4v) is 1.65. The average molecular weight is 268 g/mol. The van der Waals surface area contributed by atoms with Crippen molar-refractivity contribution in [1.29, 1.82) is 0 Å². The zero-order chi connectivity index (χ0) is 14.0. The lowest BCUT2D eigenvalue weighted by atomic mass is 10.2. The highest BCUT2D eigenvalue weighted by Gasteiger charge is 1.96. The van der Waals surface area contributed by atoms with Gasteiger partial charge in [-0.1, -0.05) is 48.2 Å². The molecule has 0 aliphatic carbocycles. The zero-order valence-corrected chi connectivity index (χ0v) is 11.1. The van der Waals surface area contributed by atoms with Crippen LogP contribution in [0.4, 0.5) is 0 Å². The minimum atomic E-state index is -0.148. The van der Waals surface area contributed by atoms with Gasteiger partial charge in [-0.05, 0) is 23.8 Å². The molecule has 20 heavy (non-hydrogen) atoms. The molecule has 0 aliphatic heterocycles. The second-order valence-corrected chi connectivity index (χ2v) is 4.08. The molecule has 0 amide bonds. The Morgan fingerprint density at radius 3 is 2.65 bits per heavy atom. The topological polar surface area (TPSA) is 38.7 Å². The van der Waals surface area contributed by atoms with E-state index in [-0.39, 0.29) is 13.4 Å². The van der Waals surface area contributed by atoms with Gasteiger partial charge in [0.1, 0.15) is 12.4 Å². The molecule has 0 fully saturated rings. The van der Waals surface area contributed by atoms with Gasteiger partial charge in [-0.3, -0.25) is 0 Å². The molecule has 0 heterocycles. The Labute approximate surface area is 118 Å². The minimum Gasteiger partial charge on any atom is -0.468 e. The van der Waals surface area contributed by atoms with Crippen LogP contribution in [0.15, 0.2) is 54.6 Å². The Morgan fingerprint density at radius 1 is 1.00 bits per heavy atom. The Bertz CT molecular complexity index is 582. The van der Waals surface area contributed by atoms with Crippen molar-refractivity contribution in [3.63, 3.8) is 0 Å². The van der Waals surface area contributed by atoms with E-state index in [1.807, 2.05) is 54.6 Å². The van der Waals surface area contributed by atoms with Crippen molar-refractivity contribution in [3.05, 3.63) is 65.7 Å². The summed E-state index contributed by atoms with van der Waals surface area (Å²) in [5.74, 6) is 6.13. The Hall–Kier alpha value is -2.28. The number of hydrogen-bond acceptors (Lipinski definition) is 3. The summed E-state index contributed by atoms with van der Waals surface area (Å²) in [6.07, 6.45) is 0. The van der Waals surface area contributed by atoms with Crippen LogP contribution in [0.3, 0.4) is 0 Å². The lowest BCUT2D eigenvalue weighted by Crippen LogP contribution is -2.02. The summed E-state index contributed by atoms with van der Waals surface area (Å²) in [6.45, 7) is 0.557. The number of ether oxygens (including phenoxy) is 2. The summed E-state index contributed by atoms with van der Waals surface area (Å²) in [7, 11) is 0. The molecule has 3 nitrogen and oxygen atoms in total. The number of aliphatic hydroxyl groups is 1. The van der Waals surface area contributed by atoms with Crippen LogP contribution in [0, 0.1) is 11.8 Å². The largest absolute Gasteiger partial charge is 0.468 e. The maximum atomic E-state index is 8.65. The normalized spacial score (nSPS) is 9.65. The molecule has 0 bridgehead atoms. The van der Waals surface area contributed by atoms with Gasteiger partial charge in [0.05, 0.1) is 6.61 Å². The summed E-state index contributed by atoms with van der Waals surface area (Å²) in [4.78, 5) is 0. The number of rotatable bonds is 5. The molecule has 0 aromatic heterocycles. The van der Waals surface area contributed by atoms with Gasteiger partial charge in [0, 0.05) is 5.56 Å². The van der Waals surface area contributed by atoms with Gasteiger partial charge >= 0.3 is 0 Å². The van der Waals surface area contributed by atoms with E-state index in [0.29, 0.717) is 12.4 Å². The molecule has 2 aromatic rings. The maximum absolute atomic E-state index is 8.65. The third-order valence-electron chi connectivity index (χ3n) is 2.57. The van der Waals surface area contributed by atoms with Gasteiger partial charge < -0.3 is 14.6 Å². The van der Waals surface area contributed by atoms with Gasteiger partial charge in [0.15, 0.2) is 6.79 Å². The van der Waals surface area contributed by atoms with Crippen molar-refractivity contribution in [2.24, 2.45) is 0 Å². The fraction of sp³-hybridized carbons (Fsp3) is 0.176. The first-order valence-electron chi connectivity index (χ1n) is 6.33. The Kier molecular flexibility index (Phi) is 5.66. The van der Waals surface area contributed by atoms with Crippen molar-refractivity contribution >= 4 is 0 Å². The summed E-state index contributed by atoms with van der Waals surface area (Å²) < 4.78 is 10.9. The van der Waals surface area contributed by atoms with Crippen molar-refractivity contribution in [1.82, 2.24) is 0 Å². The highest BCUT2D eigenvalue weighted by atomic mass is 16.7. The van der Waals surface area contributed by atoms with Crippen LogP contribution in [-0.4, -0.2) is 18.5 Å². The van der Waals surface area contributed by atoms with Gasteiger partial charge in [-0.2, -0.15) is 0 Å². The lowest BCUT2D eigenvalue weighted by molar-refractivity contribution is 0.00504. The molecule has 0 radical (unpaired) electrons. The molecular weight excluding hydrogens is 252 g/mol. The predicted octanol–water partition coefficient (Wildman–Crippen LogP) is 2.58. The van der Waals surface area contributed by atoms with Crippen LogP contribution in [0.1, 0.15) is 11.1 Å². The zero-order valence-electron chi connectivity index (χ0n) is 11.1. The second-order valence-electron chi connectivity index (χ2n) is 4.08. The molecule has 2 rings (SSSR count). The lowest BCUT2D eigenvalue weighted by Gasteiger charge is -2.07. The van der Waals surface area contributed by atoms with Gasteiger partial charge in [-0.25, -0.2) is 0 Å². The van der Waals surface area contributed by atoms with Crippen molar-refractivity contribution in [2.75, 3.05) is 13.4 Å². The standard InChI is InChI=1S/C17H16O3/c18-11-5-9-15-8-4-10-17(12-15)20-14-19-13-16-6-2-1-3-7-16/h1-4,6-8,10,12,18H,11,13-14H2. The molecule has 0 saturated heterocycles. The van der Waals surface area contributed by atoms with E-state index in [1.165, 1.54) is 0 Å². The predicted molar refractivity (Wildman–Crippen MR) is 77.1 cm³/mol. The molecule has 1 N–H and O–H groups in total. The summed E-state index contributed by atoms with van der Waals surface area (Å²) in [5, 5.41) is 8.65. The van der Waals surface area contributed by atoms with Crippen LogP contribution in [0.2, 0.25) is 0 Å². The van der Waals surface area contributed by atoms with E-state index in [9.17, 15) is 0 Å². The van der Waals surface area contributed by atoms with Crippen LogP contribution in [-0.2, 0) is 11.3 Å². The van der Waals surface area contributed by atoms with E-state index in [4.69, 9.17) is 14.6 Å². The molecule has 2 aromatic carbocycles. The van der Waals surface area contributed by atoms with Crippen LogP contribution in [0.25, 0.3) is 0 Å². The number of aliphatic hydroxyl groups excluding tert-OH is 1. The highest BCUT2D eigenvalue weighted by molar-refractivity contribution is 5.39. The van der Waals surface area contributed by atoms with Crippen LogP contribution < -0.4 is 4.74 Å². The average Bonchev–Trinajstić information content (AvgIpc) is 2.51. The first-order valence-corrected chi connectivity index (χ1v) is 6.33. The van der Waals surface area contributed by atoms with Gasteiger partial charge in [0.2, 0.25) is 0 Å².